The molecule has 1 fully saturated rings. The third kappa shape index (κ3) is 4.49. The van der Waals surface area contributed by atoms with Crippen LogP contribution in [0.25, 0.3) is 0 Å². The molecule has 0 aromatic heterocycles. The van der Waals surface area contributed by atoms with Crippen LogP contribution in [0, 0.1) is 0 Å². The van der Waals surface area contributed by atoms with Crippen molar-refractivity contribution in [1.82, 2.24) is 10.2 Å². The van der Waals surface area contributed by atoms with Gasteiger partial charge < -0.3 is 15.3 Å². The van der Waals surface area contributed by atoms with Gasteiger partial charge in [-0.15, -0.1) is 12.4 Å². The number of likely N-dealkylation sites (N-methyl/N-ethyl adjacent to an activating group) is 1. The number of aliphatic hydroxyl groups is 1. The van der Waals surface area contributed by atoms with E-state index >= 15 is 0 Å². The van der Waals surface area contributed by atoms with E-state index in [1.165, 1.54) is 5.56 Å². The van der Waals surface area contributed by atoms with Crippen LogP contribution in [0.4, 0.5) is 0 Å². The highest BCUT2D eigenvalue weighted by molar-refractivity contribution is 5.85. The fourth-order valence-corrected chi connectivity index (χ4v) is 2.22. The Hall–Kier alpha value is -1.10. The van der Waals surface area contributed by atoms with E-state index in [0.29, 0.717) is 19.5 Å². The molecule has 1 heterocycles. The molecule has 2 rings (SSSR count). The fourth-order valence-electron chi connectivity index (χ4n) is 2.22. The van der Waals surface area contributed by atoms with Crippen LogP contribution in [0.2, 0.25) is 0 Å². The van der Waals surface area contributed by atoms with Gasteiger partial charge in [0, 0.05) is 20.1 Å². The van der Waals surface area contributed by atoms with Crippen LogP contribution in [-0.4, -0.2) is 48.2 Å². The van der Waals surface area contributed by atoms with Crippen LogP contribution in [0.1, 0.15) is 12.0 Å². The summed E-state index contributed by atoms with van der Waals surface area (Å²) in [5.41, 5.74) is 1.23. The quantitative estimate of drug-likeness (QED) is 0.861. The zero-order valence-corrected chi connectivity index (χ0v) is 11.9. The van der Waals surface area contributed by atoms with E-state index in [9.17, 15) is 9.90 Å². The van der Waals surface area contributed by atoms with Crippen molar-refractivity contribution in [1.29, 1.82) is 0 Å². The van der Waals surface area contributed by atoms with Crippen LogP contribution in [-0.2, 0) is 11.2 Å². The van der Waals surface area contributed by atoms with E-state index < -0.39 is 0 Å². The minimum absolute atomic E-state index is 0. The van der Waals surface area contributed by atoms with Gasteiger partial charge in [-0.05, 0) is 18.4 Å². The van der Waals surface area contributed by atoms with Gasteiger partial charge in [0.1, 0.15) is 0 Å². The number of halogens is 1. The molecule has 19 heavy (non-hydrogen) atoms. The molecule has 2 unspecified atom stereocenters. The monoisotopic (exact) mass is 284 g/mol. The molecule has 5 heteroatoms. The Bertz CT molecular complexity index is 400. The Morgan fingerprint density at radius 1 is 1.42 bits per heavy atom. The number of rotatable bonds is 4. The Balaban J connectivity index is 0.00000180. The Labute approximate surface area is 120 Å². The largest absolute Gasteiger partial charge is 0.392 e. The molecule has 0 radical (unpaired) electrons. The zero-order valence-electron chi connectivity index (χ0n) is 11.1. The van der Waals surface area contributed by atoms with Gasteiger partial charge in [0.25, 0.3) is 0 Å². The summed E-state index contributed by atoms with van der Waals surface area (Å²) in [6.07, 6.45) is 0.994. The highest BCUT2D eigenvalue weighted by Crippen LogP contribution is 2.09. The number of nitrogens with zero attached hydrogens (tertiary/aromatic N) is 1. The summed E-state index contributed by atoms with van der Waals surface area (Å²) in [5.74, 6) is 0.0717. The van der Waals surface area contributed by atoms with Gasteiger partial charge >= 0.3 is 0 Å². The average molecular weight is 285 g/mol. The summed E-state index contributed by atoms with van der Waals surface area (Å²) in [5, 5.41) is 12.4. The zero-order chi connectivity index (χ0) is 13.0. The number of aliphatic hydroxyl groups excluding tert-OH is 1. The van der Waals surface area contributed by atoms with E-state index in [0.717, 1.165) is 6.42 Å². The second-order valence-corrected chi connectivity index (χ2v) is 4.85. The van der Waals surface area contributed by atoms with Gasteiger partial charge in [-0.3, -0.25) is 4.79 Å². The normalized spacial score (nSPS) is 21.8. The first-order chi connectivity index (χ1) is 8.66. The molecule has 1 saturated heterocycles. The number of amides is 1. The summed E-state index contributed by atoms with van der Waals surface area (Å²) in [6.45, 7) is 1.22. The molecule has 0 bridgehead atoms. The van der Waals surface area contributed by atoms with E-state index in [2.05, 4.69) is 17.4 Å². The second-order valence-electron chi connectivity index (χ2n) is 4.85. The van der Waals surface area contributed by atoms with Crippen molar-refractivity contribution in [3.05, 3.63) is 35.9 Å². The fraction of sp³-hybridized carbons (Fsp3) is 0.500. The second kappa shape index (κ2) is 7.48. The molecular formula is C14H21ClN2O2. The Morgan fingerprint density at radius 3 is 2.68 bits per heavy atom. The lowest BCUT2D eigenvalue weighted by Gasteiger charge is -2.21. The topological polar surface area (TPSA) is 52.6 Å². The summed E-state index contributed by atoms with van der Waals surface area (Å²) >= 11 is 0. The van der Waals surface area contributed by atoms with Gasteiger partial charge in [-0.1, -0.05) is 30.3 Å². The highest BCUT2D eigenvalue weighted by atomic mass is 35.5. The van der Waals surface area contributed by atoms with Crippen LogP contribution in [0.5, 0.6) is 0 Å². The standard InChI is InChI=1S/C14H20N2O2.ClH/c1-16(8-7-11-5-3-2-4-6-11)14(18)13-9-12(17)10-15-13;/h2-6,12-13,15,17H,7-10H2,1H3;1H. The van der Waals surface area contributed by atoms with Gasteiger partial charge in [-0.25, -0.2) is 0 Å². The lowest BCUT2D eigenvalue weighted by atomic mass is 10.1. The maximum atomic E-state index is 12.1. The maximum absolute atomic E-state index is 12.1. The van der Waals surface area contributed by atoms with Crippen molar-refractivity contribution < 1.29 is 9.90 Å². The molecule has 1 aromatic carbocycles. The Kier molecular flexibility index (Phi) is 6.28. The summed E-state index contributed by atoms with van der Waals surface area (Å²) < 4.78 is 0. The SMILES string of the molecule is CN(CCc1ccccc1)C(=O)C1CC(O)CN1.Cl. The third-order valence-corrected chi connectivity index (χ3v) is 3.36. The van der Waals surface area contributed by atoms with Gasteiger partial charge in [0.2, 0.25) is 5.91 Å². The first kappa shape index (κ1) is 16.0. The molecule has 1 aliphatic rings. The first-order valence-corrected chi connectivity index (χ1v) is 6.37. The number of hydrogen-bond acceptors (Lipinski definition) is 3. The number of carbonyl (C=O) groups excluding carboxylic acids is 1. The number of nitrogens with one attached hydrogen (secondary N) is 1. The van der Waals surface area contributed by atoms with E-state index in [1.807, 2.05) is 25.2 Å². The molecule has 0 spiro atoms. The van der Waals surface area contributed by atoms with Crippen molar-refractivity contribution in [2.75, 3.05) is 20.1 Å². The number of benzene rings is 1. The molecule has 2 atom stereocenters. The van der Waals surface area contributed by atoms with Crippen molar-refractivity contribution >= 4 is 18.3 Å². The lowest BCUT2D eigenvalue weighted by molar-refractivity contribution is -0.131. The van der Waals surface area contributed by atoms with Crippen LogP contribution >= 0.6 is 12.4 Å². The average Bonchev–Trinajstić information content (AvgIpc) is 2.83. The lowest BCUT2D eigenvalue weighted by Crippen LogP contribution is -2.42. The molecular weight excluding hydrogens is 264 g/mol. The minimum atomic E-state index is -0.388. The first-order valence-electron chi connectivity index (χ1n) is 6.37. The molecule has 0 aliphatic carbocycles. The molecule has 1 aromatic rings. The van der Waals surface area contributed by atoms with Crippen molar-refractivity contribution in [3.63, 3.8) is 0 Å². The van der Waals surface area contributed by atoms with Crippen molar-refractivity contribution in [2.24, 2.45) is 0 Å². The summed E-state index contributed by atoms with van der Waals surface area (Å²) in [4.78, 5) is 13.8. The molecule has 1 amide bonds. The smallest absolute Gasteiger partial charge is 0.239 e. The highest BCUT2D eigenvalue weighted by Gasteiger charge is 2.29. The minimum Gasteiger partial charge on any atom is -0.392 e. The van der Waals surface area contributed by atoms with Crippen molar-refractivity contribution in [3.8, 4) is 0 Å². The predicted molar refractivity (Wildman–Crippen MR) is 77.4 cm³/mol. The molecule has 2 N–H and O–H groups in total. The molecule has 1 aliphatic heterocycles. The van der Waals surface area contributed by atoms with Crippen LogP contribution in [0.3, 0.4) is 0 Å². The third-order valence-electron chi connectivity index (χ3n) is 3.36. The van der Waals surface area contributed by atoms with Gasteiger partial charge in [-0.2, -0.15) is 0 Å². The van der Waals surface area contributed by atoms with Crippen molar-refractivity contribution in [2.45, 2.75) is 25.0 Å². The van der Waals surface area contributed by atoms with E-state index in [1.54, 1.807) is 4.90 Å². The maximum Gasteiger partial charge on any atom is 0.239 e. The van der Waals surface area contributed by atoms with E-state index in [-0.39, 0.29) is 30.5 Å². The Morgan fingerprint density at radius 2 is 2.11 bits per heavy atom. The van der Waals surface area contributed by atoms with Gasteiger partial charge in [0.15, 0.2) is 0 Å². The predicted octanol–water partition coefficient (Wildman–Crippen LogP) is 0.832. The molecule has 4 nitrogen and oxygen atoms in total. The number of carbonyl (C=O) groups is 1. The summed E-state index contributed by atoms with van der Waals surface area (Å²) in [7, 11) is 1.82. The van der Waals surface area contributed by atoms with Crippen LogP contribution < -0.4 is 5.32 Å². The number of β-amino-alcohol motifs (C(OH)–C–C–N with tert-alkyl or cyclic N) is 1. The van der Waals surface area contributed by atoms with Gasteiger partial charge in [0.05, 0.1) is 12.1 Å². The summed E-state index contributed by atoms with van der Waals surface area (Å²) in [6, 6.07) is 9.91. The van der Waals surface area contributed by atoms with E-state index in [4.69, 9.17) is 0 Å². The number of hydrogen-bond donors (Lipinski definition) is 2. The van der Waals surface area contributed by atoms with Crippen LogP contribution in [0.15, 0.2) is 30.3 Å². The molecule has 0 saturated carbocycles. The molecule has 106 valence electrons.